The summed E-state index contributed by atoms with van der Waals surface area (Å²) in [5.74, 6) is -0.130. The Kier molecular flexibility index (Phi) is 7.35. The quantitative estimate of drug-likeness (QED) is 0.224. The van der Waals surface area contributed by atoms with Crippen LogP contribution < -0.4 is 5.73 Å². The molecule has 106 valence electrons. The zero-order chi connectivity index (χ0) is 14.2. The Morgan fingerprint density at radius 3 is 2.39 bits per heavy atom. The molecule has 0 rings (SSSR count). The first-order valence-corrected chi connectivity index (χ1v) is 6.22. The number of carbonyl (C=O) groups excluding carboxylic acids is 1. The summed E-state index contributed by atoms with van der Waals surface area (Å²) in [6, 6.07) is 0. The molecule has 0 aliphatic carbocycles. The molecule has 0 bridgehead atoms. The summed E-state index contributed by atoms with van der Waals surface area (Å²) in [6.07, 6.45) is 1.78. The second-order valence-electron chi connectivity index (χ2n) is 4.35. The van der Waals surface area contributed by atoms with E-state index in [1.165, 1.54) is 0 Å². The van der Waals surface area contributed by atoms with Gasteiger partial charge in [0.1, 0.15) is 5.41 Å². The van der Waals surface area contributed by atoms with Crippen molar-refractivity contribution >= 4 is 11.7 Å². The van der Waals surface area contributed by atoms with Crippen molar-refractivity contribution in [3.05, 3.63) is 0 Å². The van der Waals surface area contributed by atoms with Crippen LogP contribution in [0.1, 0.15) is 33.1 Å². The van der Waals surface area contributed by atoms with E-state index in [4.69, 9.17) is 15.7 Å². The van der Waals surface area contributed by atoms with Gasteiger partial charge in [0, 0.05) is 27.3 Å². The Hall–Kier alpha value is -1.30. The molecule has 0 saturated carbocycles. The van der Waals surface area contributed by atoms with Crippen molar-refractivity contribution in [1.82, 2.24) is 4.90 Å². The van der Waals surface area contributed by atoms with Crippen LogP contribution in [0.2, 0.25) is 0 Å². The molecule has 0 spiro atoms. The molecule has 1 amide bonds. The van der Waals surface area contributed by atoms with E-state index in [0.29, 0.717) is 26.0 Å². The molecule has 0 aromatic rings. The van der Waals surface area contributed by atoms with Crippen molar-refractivity contribution in [1.29, 1.82) is 0 Å². The summed E-state index contributed by atoms with van der Waals surface area (Å²) in [6.45, 7) is 4.92. The Labute approximate surface area is 109 Å². The van der Waals surface area contributed by atoms with Crippen molar-refractivity contribution in [3.8, 4) is 0 Å². The van der Waals surface area contributed by atoms with Crippen LogP contribution in [0.4, 0.5) is 0 Å². The topological polar surface area (TPSA) is 88.2 Å². The fraction of sp³-hybridized carbons (Fsp3) is 0.833. The molecule has 0 aliphatic heterocycles. The van der Waals surface area contributed by atoms with Crippen molar-refractivity contribution in [2.75, 3.05) is 27.3 Å². The first kappa shape index (κ1) is 16.7. The summed E-state index contributed by atoms with van der Waals surface area (Å²) >= 11 is 0. The number of rotatable bonds is 8. The highest BCUT2D eigenvalue weighted by Crippen LogP contribution is 2.29. The lowest BCUT2D eigenvalue weighted by Crippen LogP contribution is -2.50. The van der Waals surface area contributed by atoms with E-state index in [0.717, 1.165) is 6.42 Å². The summed E-state index contributed by atoms with van der Waals surface area (Å²) in [4.78, 5) is 14.1. The molecule has 0 aliphatic rings. The fourth-order valence-corrected chi connectivity index (χ4v) is 2.03. The molecule has 0 radical (unpaired) electrons. The van der Waals surface area contributed by atoms with Crippen LogP contribution in [0.25, 0.3) is 0 Å². The molecule has 18 heavy (non-hydrogen) atoms. The number of amides is 1. The maximum atomic E-state index is 12.4. The number of hydrogen-bond acceptors (Lipinski definition) is 4. The number of amidine groups is 1. The number of oxime groups is 1. The number of hydrogen-bond donors (Lipinski definition) is 2. The van der Waals surface area contributed by atoms with E-state index in [1.807, 2.05) is 13.8 Å². The van der Waals surface area contributed by atoms with Gasteiger partial charge in [-0.2, -0.15) is 0 Å². The molecule has 6 heteroatoms. The van der Waals surface area contributed by atoms with Crippen LogP contribution in [0.5, 0.6) is 0 Å². The average Bonchev–Trinajstić information content (AvgIpc) is 2.40. The third-order valence-corrected chi connectivity index (χ3v) is 3.40. The van der Waals surface area contributed by atoms with E-state index >= 15 is 0 Å². The zero-order valence-corrected chi connectivity index (χ0v) is 11.8. The van der Waals surface area contributed by atoms with Crippen LogP contribution in [-0.4, -0.2) is 49.2 Å². The number of carbonyl (C=O) groups is 1. The van der Waals surface area contributed by atoms with Crippen LogP contribution in [0.3, 0.4) is 0 Å². The Morgan fingerprint density at radius 1 is 1.44 bits per heavy atom. The summed E-state index contributed by atoms with van der Waals surface area (Å²) in [5, 5.41) is 11.9. The van der Waals surface area contributed by atoms with Gasteiger partial charge < -0.3 is 20.6 Å². The lowest BCUT2D eigenvalue weighted by Gasteiger charge is -2.33. The summed E-state index contributed by atoms with van der Waals surface area (Å²) < 4.78 is 4.95. The van der Waals surface area contributed by atoms with Crippen molar-refractivity contribution in [2.45, 2.75) is 33.1 Å². The lowest BCUT2D eigenvalue weighted by atomic mass is 9.79. The van der Waals surface area contributed by atoms with Crippen LogP contribution >= 0.6 is 0 Å². The van der Waals surface area contributed by atoms with Gasteiger partial charge in [-0.05, 0) is 19.3 Å². The average molecular weight is 259 g/mol. The maximum Gasteiger partial charge on any atom is 0.236 e. The van der Waals surface area contributed by atoms with Gasteiger partial charge in [-0.25, -0.2) is 0 Å². The third-order valence-electron chi connectivity index (χ3n) is 3.40. The SMILES string of the molecule is CCC(CC)(C(=O)N(C)CCCOC)C(N)=NO. The van der Waals surface area contributed by atoms with E-state index < -0.39 is 5.41 Å². The molecule has 0 saturated heterocycles. The van der Waals surface area contributed by atoms with Gasteiger partial charge in [0.05, 0.1) is 0 Å². The minimum Gasteiger partial charge on any atom is -0.409 e. The van der Waals surface area contributed by atoms with Crippen LogP contribution in [0, 0.1) is 5.41 Å². The standard InChI is InChI=1S/C12H25N3O3/c1-5-12(6-2,10(13)14-17)11(16)15(3)8-7-9-18-4/h17H,5-9H2,1-4H3,(H2,13,14). The highest BCUT2D eigenvalue weighted by atomic mass is 16.5. The lowest BCUT2D eigenvalue weighted by molar-refractivity contribution is -0.137. The summed E-state index contributed by atoms with van der Waals surface area (Å²) in [7, 11) is 3.35. The van der Waals surface area contributed by atoms with Crippen molar-refractivity contribution < 1.29 is 14.7 Å². The molecule has 6 nitrogen and oxygen atoms in total. The molecular weight excluding hydrogens is 234 g/mol. The molecule has 0 aromatic carbocycles. The second kappa shape index (κ2) is 7.92. The van der Waals surface area contributed by atoms with E-state index in [9.17, 15) is 4.79 Å². The molecular formula is C12H25N3O3. The largest absolute Gasteiger partial charge is 0.409 e. The van der Waals surface area contributed by atoms with E-state index in [-0.39, 0.29) is 11.7 Å². The Balaban J connectivity index is 4.86. The van der Waals surface area contributed by atoms with Crippen LogP contribution in [-0.2, 0) is 9.53 Å². The number of nitrogens with zero attached hydrogens (tertiary/aromatic N) is 2. The van der Waals surface area contributed by atoms with Gasteiger partial charge in [0.15, 0.2) is 5.84 Å². The molecule has 0 unspecified atom stereocenters. The van der Waals surface area contributed by atoms with Crippen LogP contribution in [0.15, 0.2) is 5.16 Å². The predicted molar refractivity (Wildman–Crippen MR) is 70.6 cm³/mol. The smallest absolute Gasteiger partial charge is 0.236 e. The minimum atomic E-state index is -0.906. The van der Waals surface area contributed by atoms with Gasteiger partial charge in [0.25, 0.3) is 0 Å². The maximum absolute atomic E-state index is 12.4. The van der Waals surface area contributed by atoms with Gasteiger partial charge >= 0.3 is 0 Å². The van der Waals surface area contributed by atoms with Gasteiger partial charge in [-0.1, -0.05) is 19.0 Å². The zero-order valence-electron chi connectivity index (χ0n) is 11.8. The number of nitrogens with two attached hydrogens (primary N) is 1. The first-order chi connectivity index (χ1) is 8.49. The van der Waals surface area contributed by atoms with Crippen molar-refractivity contribution in [3.63, 3.8) is 0 Å². The van der Waals surface area contributed by atoms with Gasteiger partial charge in [-0.15, -0.1) is 0 Å². The summed E-state index contributed by atoms with van der Waals surface area (Å²) in [5.41, 5.74) is 4.79. The molecule has 0 fully saturated rings. The second-order valence-corrected chi connectivity index (χ2v) is 4.35. The molecule has 0 atom stereocenters. The highest BCUT2D eigenvalue weighted by molar-refractivity contribution is 6.06. The fourth-order valence-electron chi connectivity index (χ4n) is 2.03. The molecule has 0 heterocycles. The first-order valence-electron chi connectivity index (χ1n) is 6.22. The van der Waals surface area contributed by atoms with E-state index in [1.54, 1.807) is 19.1 Å². The third kappa shape index (κ3) is 3.60. The highest BCUT2D eigenvalue weighted by Gasteiger charge is 2.41. The monoisotopic (exact) mass is 259 g/mol. The Bertz CT molecular complexity index is 288. The predicted octanol–water partition coefficient (Wildman–Crippen LogP) is 1.03. The number of methoxy groups -OCH3 is 1. The molecule has 0 aromatic heterocycles. The minimum absolute atomic E-state index is 0.0175. The Morgan fingerprint density at radius 2 is 2.00 bits per heavy atom. The van der Waals surface area contributed by atoms with Gasteiger partial charge in [-0.3, -0.25) is 4.79 Å². The normalized spacial score (nSPS) is 12.6. The van der Waals surface area contributed by atoms with Crippen molar-refractivity contribution in [2.24, 2.45) is 16.3 Å². The van der Waals surface area contributed by atoms with E-state index in [2.05, 4.69) is 5.16 Å². The number of ether oxygens (including phenoxy) is 1. The molecule has 3 N–H and O–H groups in total. The van der Waals surface area contributed by atoms with Gasteiger partial charge in [0.2, 0.25) is 5.91 Å².